The molecule has 0 saturated carbocycles. The molecule has 0 radical (unpaired) electrons. The van der Waals surface area contributed by atoms with Gasteiger partial charge in [0.2, 0.25) is 0 Å². The van der Waals surface area contributed by atoms with Crippen LogP contribution in [0, 0.1) is 0 Å². The van der Waals surface area contributed by atoms with E-state index in [0.717, 1.165) is 16.7 Å². The van der Waals surface area contributed by atoms with Crippen LogP contribution in [0.5, 0.6) is 0 Å². The number of fused-ring (bicyclic) bond motifs is 1. The van der Waals surface area contributed by atoms with Crippen molar-refractivity contribution < 1.29 is 9.53 Å². The molecule has 1 atom stereocenters. The number of carbonyl (C=O) groups excluding carboxylic acids is 1. The second-order valence-corrected chi connectivity index (χ2v) is 4.56. The van der Waals surface area contributed by atoms with Gasteiger partial charge in [-0.25, -0.2) is 0 Å². The Balaban J connectivity index is 1.68. The molecule has 0 saturated heterocycles. The third kappa shape index (κ3) is 2.43. The zero-order chi connectivity index (χ0) is 13.1. The molecule has 2 aromatic carbocycles. The molecule has 19 heavy (non-hydrogen) atoms. The second kappa shape index (κ2) is 5.11. The van der Waals surface area contributed by atoms with Crippen LogP contribution in [0.4, 0.5) is 0 Å². The van der Waals surface area contributed by atoms with Crippen LogP contribution in [0.25, 0.3) is 6.08 Å². The molecule has 0 fully saturated rings. The minimum absolute atomic E-state index is 0.190. The summed E-state index contributed by atoms with van der Waals surface area (Å²) >= 11 is 0. The quantitative estimate of drug-likeness (QED) is 0.779. The smallest absolute Gasteiger partial charge is 0.317 e. The summed E-state index contributed by atoms with van der Waals surface area (Å²) < 4.78 is 5.38. The summed E-state index contributed by atoms with van der Waals surface area (Å²) in [5.74, 6) is -0.454. The minimum atomic E-state index is -0.264. The lowest BCUT2D eigenvalue weighted by Gasteiger charge is -2.11. The minimum Gasteiger partial charge on any atom is -0.460 e. The van der Waals surface area contributed by atoms with Crippen molar-refractivity contribution in [3.05, 3.63) is 77.4 Å². The summed E-state index contributed by atoms with van der Waals surface area (Å²) in [5, 5.41) is 0. The van der Waals surface area contributed by atoms with Crippen LogP contribution >= 0.6 is 0 Å². The van der Waals surface area contributed by atoms with Gasteiger partial charge in [-0.1, -0.05) is 66.7 Å². The average molecular weight is 250 g/mol. The molecule has 0 spiro atoms. The van der Waals surface area contributed by atoms with Gasteiger partial charge in [0.15, 0.2) is 0 Å². The van der Waals surface area contributed by atoms with Crippen LogP contribution in [0.1, 0.15) is 22.6 Å². The first kappa shape index (κ1) is 11.7. The van der Waals surface area contributed by atoms with Gasteiger partial charge in [0, 0.05) is 0 Å². The van der Waals surface area contributed by atoms with Gasteiger partial charge < -0.3 is 4.74 Å². The maximum atomic E-state index is 12.1. The molecule has 0 N–H and O–H groups in total. The van der Waals surface area contributed by atoms with Gasteiger partial charge >= 0.3 is 5.97 Å². The van der Waals surface area contributed by atoms with Crippen molar-refractivity contribution in [1.82, 2.24) is 0 Å². The lowest BCUT2D eigenvalue weighted by atomic mass is 10.0. The molecule has 3 rings (SSSR count). The van der Waals surface area contributed by atoms with Crippen molar-refractivity contribution in [2.75, 3.05) is 0 Å². The van der Waals surface area contributed by atoms with Gasteiger partial charge in [-0.05, 0) is 16.7 Å². The Kier molecular flexibility index (Phi) is 3.15. The molecule has 0 heterocycles. The fraction of sp³-hybridized carbons (Fsp3) is 0.118. The van der Waals surface area contributed by atoms with E-state index in [1.54, 1.807) is 0 Å². The lowest BCUT2D eigenvalue weighted by molar-refractivity contribution is -0.145. The first-order valence-electron chi connectivity index (χ1n) is 6.32. The highest BCUT2D eigenvalue weighted by molar-refractivity contribution is 5.86. The van der Waals surface area contributed by atoms with Gasteiger partial charge in [0.1, 0.15) is 12.5 Å². The van der Waals surface area contributed by atoms with Crippen molar-refractivity contribution in [2.45, 2.75) is 12.5 Å². The Labute approximate surface area is 112 Å². The van der Waals surface area contributed by atoms with E-state index in [4.69, 9.17) is 4.74 Å². The van der Waals surface area contributed by atoms with Crippen LogP contribution in [0.3, 0.4) is 0 Å². The second-order valence-electron chi connectivity index (χ2n) is 4.56. The number of carbonyl (C=O) groups is 1. The fourth-order valence-electron chi connectivity index (χ4n) is 2.27. The molecule has 94 valence electrons. The molecule has 2 heteroatoms. The molecule has 1 aliphatic rings. The third-order valence-electron chi connectivity index (χ3n) is 3.28. The number of hydrogen-bond acceptors (Lipinski definition) is 2. The summed E-state index contributed by atoms with van der Waals surface area (Å²) in [6.07, 6.45) is 3.88. The zero-order valence-corrected chi connectivity index (χ0v) is 10.5. The van der Waals surface area contributed by atoms with E-state index in [-0.39, 0.29) is 11.9 Å². The summed E-state index contributed by atoms with van der Waals surface area (Å²) in [4.78, 5) is 12.1. The van der Waals surface area contributed by atoms with E-state index in [1.165, 1.54) is 0 Å². The molecular weight excluding hydrogens is 236 g/mol. The highest BCUT2D eigenvalue weighted by atomic mass is 16.5. The number of ether oxygens (including phenoxy) is 1. The Bertz CT molecular complexity index is 614. The number of esters is 1. The normalized spacial score (nSPS) is 16.1. The molecule has 0 amide bonds. The average Bonchev–Trinajstić information content (AvgIpc) is 2.90. The summed E-state index contributed by atoms with van der Waals surface area (Å²) in [6.45, 7) is 0.326. The number of hydrogen-bond donors (Lipinski definition) is 0. The Hall–Kier alpha value is -2.35. The van der Waals surface area contributed by atoms with Crippen LogP contribution in [-0.4, -0.2) is 5.97 Å². The van der Waals surface area contributed by atoms with Crippen LogP contribution < -0.4 is 0 Å². The number of rotatable bonds is 3. The van der Waals surface area contributed by atoms with E-state index < -0.39 is 0 Å². The SMILES string of the molecule is O=C(OCc1ccccc1)C1C=Cc2ccccc21. The highest BCUT2D eigenvalue weighted by Crippen LogP contribution is 2.30. The van der Waals surface area contributed by atoms with Gasteiger partial charge in [0.05, 0.1) is 0 Å². The van der Waals surface area contributed by atoms with Gasteiger partial charge in [0.25, 0.3) is 0 Å². The Morgan fingerprint density at radius 1 is 1.00 bits per heavy atom. The standard InChI is InChI=1S/C17H14O2/c18-17(19-12-13-6-2-1-3-7-13)16-11-10-14-8-4-5-9-15(14)16/h1-11,16H,12H2. The summed E-state index contributed by atoms with van der Waals surface area (Å²) in [5.41, 5.74) is 3.14. The Morgan fingerprint density at radius 2 is 1.74 bits per heavy atom. The van der Waals surface area contributed by atoms with Crippen molar-refractivity contribution in [3.63, 3.8) is 0 Å². The third-order valence-corrected chi connectivity index (χ3v) is 3.28. The maximum Gasteiger partial charge on any atom is 0.317 e. The maximum absolute atomic E-state index is 12.1. The fourth-order valence-corrected chi connectivity index (χ4v) is 2.27. The van der Waals surface area contributed by atoms with Crippen LogP contribution in [-0.2, 0) is 16.1 Å². The van der Waals surface area contributed by atoms with Gasteiger partial charge in [-0.15, -0.1) is 0 Å². The van der Waals surface area contributed by atoms with Crippen molar-refractivity contribution in [1.29, 1.82) is 0 Å². The van der Waals surface area contributed by atoms with E-state index in [1.807, 2.05) is 66.7 Å². The molecule has 1 unspecified atom stereocenters. The summed E-state index contributed by atoms with van der Waals surface area (Å²) in [6, 6.07) is 17.6. The molecular formula is C17H14O2. The highest BCUT2D eigenvalue weighted by Gasteiger charge is 2.25. The lowest BCUT2D eigenvalue weighted by Crippen LogP contribution is -2.13. The van der Waals surface area contributed by atoms with E-state index in [0.29, 0.717) is 6.61 Å². The summed E-state index contributed by atoms with van der Waals surface area (Å²) in [7, 11) is 0. The molecule has 0 aromatic heterocycles. The predicted molar refractivity (Wildman–Crippen MR) is 74.5 cm³/mol. The molecule has 0 bridgehead atoms. The Morgan fingerprint density at radius 3 is 2.58 bits per heavy atom. The van der Waals surface area contributed by atoms with Crippen molar-refractivity contribution >= 4 is 12.0 Å². The largest absolute Gasteiger partial charge is 0.460 e. The molecule has 1 aliphatic carbocycles. The molecule has 2 nitrogen and oxygen atoms in total. The number of benzene rings is 2. The first-order chi connectivity index (χ1) is 9.34. The van der Waals surface area contributed by atoms with Crippen LogP contribution in [0.15, 0.2) is 60.7 Å². The van der Waals surface area contributed by atoms with E-state index in [9.17, 15) is 4.79 Å². The predicted octanol–water partition coefficient (Wildman–Crippen LogP) is 3.54. The molecule has 2 aromatic rings. The first-order valence-corrected chi connectivity index (χ1v) is 6.32. The monoisotopic (exact) mass is 250 g/mol. The van der Waals surface area contributed by atoms with Gasteiger partial charge in [-0.3, -0.25) is 4.79 Å². The van der Waals surface area contributed by atoms with E-state index >= 15 is 0 Å². The molecule has 0 aliphatic heterocycles. The van der Waals surface area contributed by atoms with Crippen molar-refractivity contribution in [3.8, 4) is 0 Å². The van der Waals surface area contributed by atoms with Crippen LogP contribution in [0.2, 0.25) is 0 Å². The zero-order valence-electron chi connectivity index (χ0n) is 10.5. The van der Waals surface area contributed by atoms with E-state index in [2.05, 4.69) is 0 Å². The topological polar surface area (TPSA) is 26.3 Å². The van der Waals surface area contributed by atoms with Crippen molar-refractivity contribution in [2.24, 2.45) is 0 Å². The van der Waals surface area contributed by atoms with Gasteiger partial charge in [-0.2, -0.15) is 0 Å².